The fraction of sp³-hybridized carbons (Fsp3) is 0.240. The number of nitrogens with one attached hydrogen (secondary N) is 3. The van der Waals surface area contributed by atoms with Gasteiger partial charge in [0, 0.05) is 28.2 Å². The monoisotopic (exact) mass is 447 g/mol. The number of amides is 1. The van der Waals surface area contributed by atoms with Gasteiger partial charge in [0.25, 0.3) is 5.56 Å². The van der Waals surface area contributed by atoms with Crippen molar-refractivity contribution in [2.75, 3.05) is 11.9 Å². The zero-order valence-electron chi connectivity index (χ0n) is 18.9. The molecule has 0 spiro atoms. The molecule has 0 atom stereocenters. The van der Waals surface area contributed by atoms with Crippen LogP contribution in [0.4, 0.5) is 10.5 Å². The van der Waals surface area contributed by atoms with Gasteiger partial charge in [-0.1, -0.05) is 18.2 Å². The van der Waals surface area contributed by atoms with Crippen molar-refractivity contribution in [1.29, 1.82) is 0 Å². The van der Waals surface area contributed by atoms with E-state index in [1.54, 1.807) is 39.8 Å². The number of H-pyrrole nitrogens is 2. The molecule has 4 rings (SSSR count). The van der Waals surface area contributed by atoms with E-state index in [9.17, 15) is 14.4 Å². The van der Waals surface area contributed by atoms with Crippen LogP contribution in [0.25, 0.3) is 32.9 Å². The standard InChI is InChI=1S/C25H25N3O5/c1-5-32-23(30)18-13-26-21-20(18)17-12-15(9-10-19(17)28-22(21)29)14-7-6-8-16(11-14)27-24(31)33-25(2,3)4/h6-13,26H,5H2,1-4H3,(H,27,31)(H,28,29). The number of anilines is 1. The molecule has 2 heterocycles. The third-order valence-corrected chi connectivity index (χ3v) is 4.98. The molecule has 8 nitrogen and oxygen atoms in total. The Morgan fingerprint density at radius 3 is 2.55 bits per heavy atom. The molecule has 0 fully saturated rings. The first kappa shape index (κ1) is 22.1. The number of esters is 1. The lowest BCUT2D eigenvalue weighted by Gasteiger charge is -2.19. The van der Waals surface area contributed by atoms with Crippen LogP contribution in [0, 0.1) is 0 Å². The zero-order chi connectivity index (χ0) is 23.8. The lowest BCUT2D eigenvalue weighted by Crippen LogP contribution is -2.27. The minimum Gasteiger partial charge on any atom is -0.462 e. The fourth-order valence-corrected chi connectivity index (χ4v) is 3.67. The number of ether oxygens (including phenoxy) is 2. The normalized spacial score (nSPS) is 11.5. The Hall–Kier alpha value is -4.07. The number of rotatable bonds is 4. The maximum absolute atomic E-state index is 12.5. The van der Waals surface area contributed by atoms with Gasteiger partial charge in [-0.2, -0.15) is 0 Å². The second kappa shape index (κ2) is 8.46. The molecule has 0 bridgehead atoms. The van der Waals surface area contributed by atoms with E-state index in [2.05, 4.69) is 15.3 Å². The van der Waals surface area contributed by atoms with Gasteiger partial charge in [-0.3, -0.25) is 10.1 Å². The quantitative estimate of drug-likeness (QED) is 0.372. The van der Waals surface area contributed by atoms with E-state index >= 15 is 0 Å². The molecule has 170 valence electrons. The molecule has 8 heteroatoms. The summed E-state index contributed by atoms with van der Waals surface area (Å²) in [5.74, 6) is -0.496. The summed E-state index contributed by atoms with van der Waals surface area (Å²) in [5, 5.41) is 3.96. The Kier molecular flexibility index (Phi) is 5.68. The number of benzene rings is 2. The zero-order valence-corrected chi connectivity index (χ0v) is 18.9. The van der Waals surface area contributed by atoms with Crippen LogP contribution in [-0.4, -0.2) is 34.2 Å². The maximum atomic E-state index is 12.5. The first-order chi connectivity index (χ1) is 15.7. The molecular weight excluding hydrogens is 422 g/mol. The minimum absolute atomic E-state index is 0.231. The predicted molar refractivity (Wildman–Crippen MR) is 128 cm³/mol. The van der Waals surface area contributed by atoms with Gasteiger partial charge in [0.15, 0.2) is 0 Å². The summed E-state index contributed by atoms with van der Waals surface area (Å²) in [5.41, 5.74) is 2.58. The highest BCUT2D eigenvalue weighted by atomic mass is 16.6. The average molecular weight is 447 g/mol. The van der Waals surface area contributed by atoms with Crippen LogP contribution in [0.5, 0.6) is 0 Å². The Balaban J connectivity index is 1.78. The van der Waals surface area contributed by atoms with Gasteiger partial charge in [-0.25, -0.2) is 9.59 Å². The minimum atomic E-state index is -0.602. The Bertz CT molecular complexity index is 1430. The van der Waals surface area contributed by atoms with Gasteiger partial charge < -0.3 is 19.4 Å². The SMILES string of the molecule is CCOC(=O)c1c[nH]c2c(=O)[nH]c3ccc(-c4cccc(NC(=O)OC(C)(C)C)c4)cc3c12. The second-order valence-corrected chi connectivity index (χ2v) is 8.60. The summed E-state index contributed by atoms with van der Waals surface area (Å²) in [6.07, 6.45) is 0.957. The first-order valence-corrected chi connectivity index (χ1v) is 10.6. The van der Waals surface area contributed by atoms with Crippen molar-refractivity contribution >= 4 is 39.6 Å². The van der Waals surface area contributed by atoms with Crippen molar-refractivity contribution in [1.82, 2.24) is 9.97 Å². The molecule has 0 aliphatic carbocycles. The molecule has 2 aromatic carbocycles. The lowest BCUT2D eigenvalue weighted by atomic mass is 10.00. The Morgan fingerprint density at radius 2 is 1.82 bits per heavy atom. The largest absolute Gasteiger partial charge is 0.462 e. The van der Waals surface area contributed by atoms with Crippen LogP contribution in [-0.2, 0) is 9.47 Å². The number of hydrogen-bond acceptors (Lipinski definition) is 5. The molecule has 33 heavy (non-hydrogen) atoms. The number of aromatic nitrogens is 2. The van der Waals surface area contributed by atoms with Crippen LogP contribution in [0.2, 0.25) is 0 Å². The van der Waals surface area contributed by atoms with Crippen molar-refractivity contribution < 1.29 is 19.1 Å². The maximum Gasteiger partial charge on any atom is 0.412 e. The highest BCUT2D eigenvalue weighted by molar-refractivity contribution is 6.15. The molecule has 0 unspecified atom stereocenters. The first-order valence-electron chi connectivity index (χ1n) is 10.6. The average Bonchev–Trinajstić information content (AvgIpc) is 3.19. The molecule has 4 aromatic rings. The molecular formula is C25H25N3O5. The van der Waals surface area contributed by atoms with Crippen LogP contribution >= 0.6 is 0 Å². The van der Waals surface area contributed by atoms with E-state index in [0.717, 1.165) is 11.1 Å². The van der Waals surface area contributed by atoms with E-state index in [1.165, 1.54) is 6.20 Å². The summed E-state index contributed by atoms with van der Waals surface area (Å²) >= 11 is 0. The summed E-state index contributed by atoms with van der Waals surface area (Å²) in [4.78, 5) is 42.8. The predicted octanol–water partition coefficient (Wildman–Crippen LogP) is 5.20. The highest BCUT2D eigenvalue weighted by Gasteiger charge is 2.19. The Labute approximate surface area is 189 Å². The van der Waals surface area contributed by atoms with E-state index in [4.69, 9.17) is 9.47 Å². The van der Waals surface area contributed by atoms with Gasteiger partial charge in [-0.15, -0.1) is 0 Å². The van der Waals surface area contributed by atoms with Gasteiger partial charge in [0.1, 0.15) is 11.1 Å². The fourth-order valence-electron chi connectivity index (χ4n) is 3.67. The Morgan fingerprint density at radius 1 is 1.06 bits per heavy atom. The van der Waals surface area contributed by atoms with Gasteiger partial charge >= 0.3 is 12.1 Å². The number of hydrogen-bond donors (Lipinski definition) is 3. The molecule has 0 saturated carbocycles. The van der Waals surface area contributed by atoms with Crippen molar-refractivity contribution in [2.45, 2.75) is 33.3 Å². The summed E-state index contributed by atoms with van der Waals surface area (Å²) in [6, 6.07) is 12.9. The third-order valence-electron chi connectivity index (χ3n) is 4.98. The van der Waals surface area contributed by atoms with Crippen molar-refractivity contribution in [3.8, 4) is 11.1 Å². The van der Waals surface area contributed by atoms with Crippen molar-refractivity contribution in [3.63, 3.8) is 0 Å². The van der Waals surface area contributed by atoms with Crippen LogP contribution < -0.4 is 10.9 Å². The molecule has 0 aliphatic rings. The van der Waals surface area contributed by atoms with E-state index in [1.807, 2.05) is 30.3 Å². The summed E-state index contributed by atoms with van der Waals surface area (Å²) in [7, 11) is 0. The lowest BCUT2D eigenvalue weighted by molar-refractivity contribution is 0.0528. The van der Waals surface area contributed by atoms with Crippen molar-refractivity contribution in [3.05, 3.63) is 64.6 Å². The molecule has 0 aliphatic heterocycles. The van der Waals surface area contributed by atoms with Gasteiger partial charge in [-0.05, 0) is 63.1 Å². The van der Waals surface area contributed by atoms with Crippen LogP contribution in [0.1, 0.15) is 38.1 Å². The van der Waals surface area contributed by atoms with E-state index in [0.29, 0.717) is 33.1 Å². The molecule has 0 saturated heterocycles. The number of fused-ring (bicyclic) bond motifs is 3. The molecule has 0 radical (unpaired) electrons. The second-order valence-electron chi connectivity index (χ2n) is 8.60. The number of carbonyl (C=O) groups is 2. The highest BCUT2D eigenvalue weighted by Crippen LogP contribution is 2.31. The van der Waals surface area contributed by atoms with E-state index < -0.39 is 17.7 Å². The van der Waals surface area contributed by atoms with Crippen LogP contribution in [0.15, 0.2) is 53.5 Å². The number of carbonyl (C=O) groups excluding carboxylic acids is 2. The molecule has 3 N–H and O–H groups in total. The molecule has 2 aromatic heterocycles. The van der Waals surface area contributed by atoms with Crippen molar-refractivity contribution in [2.24, 2.45) is 0 Å². The van der Waals surface area contributed by atoms with E-state index in [-0.39, 0.29) is 12.2 Å². The number of pyridine rings is 1. The van der Waals surface area contributed by atoms with Gasteiger partial charge in [0.2, 0.25) is 0 Å². The van der Waals surface area contributed by atoms with Crippen LogP contribution in [0.3, 0.4) is 0 Å². The smallest absolute Gasteiger partial charge is 0.412 e. The third kappa shape index (κ3) is 4.59. The van der Waals surface area contributed by atoms with Gasteiger partial charge in [0.05, 0.1) is 12.2 Å². The summed E-state index contributed by atoms with van der Waals surface area (Å²) < 4.78 is 10.5. The summed E-state index contributed by atoms with van der Waals surface area (Å²) in [6.45, 7) is 7.36. The topological polar surface area (TPSA) is 113 Å². The molecule has 1 amide bonds. The number of aromatic amines is 2.